The second-order valence-corrected chi connectivity index (χ2v) is 5.89. The molecule has 4 rings (SSSR count). The summed E-state index contributed by atoms with van der Waals surface area (Å²) in [5.41, 5.74) is 6.95. The van der Waals surface area contributed by atoms with E-state index in [0.717, 1.165) is 29.8 Å². The van der Waals surface area contributed by atoms with Gasteiger partial charge in [-0.3, -0.25) is 9.58 Å². The van der Waals surface area contributed by atoms with Gasteiger partial charge in [0.2, 0.25) is 0 Å². The van der Waals surface area contributed by atoms with Gasteiger partial charge in [0.25, 0.3) is 0 Å². The van der Waals surface area contributed by atoms with E-state index >= 15 is 0 Å². The third kappa shape index (κ3) is 3.19. The molecule has 8 heteroatoms. The fourth-order valence-corrected chi connectivity index (χ4v) is 2.99. The molecule has 0 saturated carbocycles. The van der Waals surface area contributed by atoms with Crippen LogP contribution in [0.5, 0.6) is 0 Å². The van der Waals surface area contributed by atoms with Crippen LogP contribution in [0.2, 0.25) is 0 Å². The number of fused-ring (bicyclic) bond motifs is 1. The van der Waals surface area contributed by atoms with Gasteiger partial charge in [0.15, 0.2) is 0 Å². The first-order valence-corrected chi connectivity index (χ1v) is 7.95. The molecule has 0 unspecified atom stereocenters. The maximum Gasteiger partial charge on any atom is 0.145 e. The van der Waals surface area contributed by atoms with Crippen molar-refractivity contribution >= 4 is 16.7 Å². The lowest BCUT2D eigenvalue weighted by atomic mass is 10.2. The van der Waals surface area contributed by atoms with E-state index < -0.39 is 0 Å². The first kappa shape index (κ1) is 15.0. The predicted octanol–water partition coefficient (Wildman–Crippen LogP) is 0.705. The lowest BCUT2D eigenvalue weighted by Crippen LogP contribution is -2.44. The van der Waals surface area contributed by atoms with E-state index in [1.807, 2.05) is 24.3 Å². The number of benzene rings is 1. The standard InChI is InChI=1S/C16H19N7O/c17-16-13-3-1-2-4-14(13)20-15(21-16)9-22-5-6-24-12(7-22)8-23-11-18-10-19-23/h1-4,10-12H,5-9H2,(H2,17,20,21)/t12-/m0/s1. The quantitative estimate of drug-likeness (QED) is 0.754. The SMILES string of the molecule is Nc1nc(CN2CCO[C@H](Cn3cncn3)C2)nc2ccccc12. The van der Waals surface area contributed by atoms with Gasteiger partial charge in [-0.05, 0) is 12.1 Å². The molecular formula is C16H19N7O. The molecule has 3 heterocycles. The molecule has 0 bridgehead atoms. The van der Waals surface area contributed by atoms with Crippen molar-refractivity contribution in [1.29, 1.82) is 0 Å². The van der Waals surface area contributed by atoms with Crippen molar-refractivity contribution in [2.75, 3.05) is 25.4 Å². The number of hydrogen-bond donors (Lipinski definition) is 1. The van der Waals surface area contributed by atoms with Crippen molar-refractivity contribution < 1.29 is 4.74 Å². The third-order valence-electron chi connectivity index (χ3n) is 4.12. The maximum atomic E-state index is 6.07. The molecule has 24 heavy (non-hydrogen) atoms. The Hall–Kier alpha value is -2.58. The molecule has 1 saturated heterocycles. The Morgan fingerprint density at radius 3 is 3.04 bits per heavy atom. The molecule has 8 nitrogen and oxygen atoms in total. The first-order valence-electron chi connectivity index (χ1n) is 7.95. The van der Waals surface area contributed by atoms with Gasteiger partial charge in [0.1, 0.15) is 24.3 Å². The normalized spacial score (nSPS) is 18.9. The highest BCUT2D eigenvalue weighted by molar-refractivity contribution is 5.87. The van der Waals surface area contributed by atoms with Crippen LogP contribution in [0, 0.1) is 0 Å². The van der Waals surface area contributed by atoms with Crippen LogP contribution >= 0.6 is 0 Å². The van der Waals surface area contributed by atoms with Crippen molar-refractivity contribution in [1.82, 2.24) is 29.6 Å². The van der Waals surface area contributed by atoms with Crippen LogP contribution < -0.4 is 5.73 Å². The minimum absolute atomic E-state index is 0.0817. The van der Waals surface area contributed by atoms with Gasteiger partial charge in [-0.1, -0.05) is 12.1 Å². The van der Waals surface area contributed by atoms with Gasteiger partial charge < -0.3 is 10.5 Å². The molecule has 3 aromatic rings. The van der Waals surface area contributed by atoms with Crippen LogP contribution in [0.3, 0.4) is 0 Å². The number of ether oxygens (including phenoxy) is 1. The van der Waals surface area contributed by atoms with E-state index in [1.54, 1.807) is 11.0 Å². The van der Waals surface area contributed by atoms with Crippen molar-refractivity contribution in [3.8, 4) is 0 Å². The first-order chi connectivity index (χ1) is 11.8. The molecule has 124 valence electrons. The number of anilines is 1. The van der Waals surface area contributed by atoms with Gasteiger partial charge in [-0.25, -0.2) is 15.0 Å². The van der Waals surface area contributed by atoms with E-state index in [4.69, 9.17) is 10.5 Å². The van der Waals surface area contributed by atoms with Gasteiger partial charge in [-0.2, -0.15) is 5.10 Å². The summed E-state index contributed by atoms with van der Waals surface area (Å²) in [7, 11) is 0. The number of rotatable bonds is 4. The van der Waals surface area contributed by atoms with Crippen LogP contribution in [0.1, 0.15) is 5.82 Å². The molecule has 2 N–H and O–H groups in total. The average molecular weight is 325 g/mol. The van der Waals surface area contributed by atoms with E-state index in [9.17, 15) is 0 Å². The van der Waals surface area contributed by atoms with Crippen molar-refractivity contribution in [3.05, 3.63) is 42.7 Å². The van der Waals surface area contributed by atoms with Crippen LogP contribution in [0.25, 0.3) is 10.9 Å². The number of aromatic nitrogens is 5. The largest absolute Gasteiger partial charge is 0.383 e. The van der Waals surface area contributed by atoms with Crippen molar-refractivity contribution in [2.24, 2.45) is 0 Å². The van der Waals surface area contributed by atoms with Gasteiger partial charge in [0.05, 0.1) is 31.3 Å². The Kier molecular flexibility index (Phi) is 4.06. The Morgan fingerprint density at radius 2 is 2.17 bits per heavy atom. The Bertz CT molecular complexity index is 820. The summed E-state index contributed by atoms with van der Waals surface area (Å²) < 4.78 is 7.61. The minimum atomic E-state index is 0.0817. The Morgan fingerprint density at radius 1 is 1.25 bits per heavy atom. The summed E-state index contributed by atoms with van der Waals surface area (Å²) in [5, 5.41) is 5.03. The smallest absolute Gasteiger partial charge is 0.145 e. The number of hydrogen-bond acceptors (Lipinski definition) is 7. The van der Waals surface area contributed by atoms with Gasteiger partial charge in [0, 0.05) is 18.5 Å². The molecular weight excluding hydrogens is 306 g/mol. The van der Waals surface area contributed by atoms with Gasteiger partial charge in [-0.15, -0.1) is 0 Å². The fourth-order valence-electron chi connectivity index (χ4n) is 2.99. The molecule has 1 aliphatic rings. The third-order valence-corrected chi connectivity index (χ3v) is 4.12. The summed E-state index contributed by atoms with van der Waals surface area (Å²) in [6.45, 7) is 3.69. The van der Waals surface area contributed by atoms with Crippen LogP contribution in [0.4, 0.5) is 5.82 Å². The van der Waals surface area contributed by atoms with Crippen LogP contribution in [-0.4, -0.2) is 55.4 Å². The molecule has 1 aliphatic heterocycles. The molecule has 0 spiro atoms. The van der Waals surface area contributed by atoms with E-state index in [-0.39, 0.29) is 6.10 Å². The van der Waals surface area contributed by atoms with Crippen LogP contribution in [0.15, 0.2) is 36.9 Å². The molecule has 1 fully saturated rings. The summed E-state index contributed by atoms with van der Waals surface area (Å²) in [6, 6.07) is 7.81. The Labute approximate surface area is 139 Å². The second kappa shape index (κ2) is 6.50. The number of para-hydroxylation sites is 1. The minimum Gasteiger partial charge on any atom is -0.383 e. The highest BCUT2D eigenvalue weighted by Crippen LogP contribution is 2.18. The lowest BCUT2D eigenvalue weighted by Gasteiger charge is -2.32. The van der Waals surface area contributed by atoms with E-state index in [2.05, 4.69) is 25.0 Å². The fraction of sp³-hybridized carbons (Fsp3) is 0.375. The monoisotopic (exact) mass is 325 g/mol. The van der Waals surface area contributed by atoms with Crippen molar-refractivity contribution in [3.63, 3.8) is 0 Å². The topological polar surface area (TPSA) is 95.0 Å². The second-order valence-electron chi connectivity index (χ2n) is 5.89. The summed E-state index contributed by atoms with van der Waals surface area (Å²) in [5.74, 6) is 1.27. The molecule has 1 atom stereocenters. The summed E-state index contributed by atoms with van der Waals surface area (Å²) >= 11 is 0. The molecule has 0 radical (unpaired) electrons. The zero-order valence-corrected chi connectivity index (χ0v) is 13.2. The number of morpholine rings is 1. The summed E-state index contributed by atoms with van der Waals surface area (Å²) in [4.78, 5) is 15.3. The zero-order chi connectivity index (χ0) is 16.4. The molecule has 0 aliphatic carbocycles. The predicted molar refractivity (Wildman–Crippen MR) is 89.0 cm³/mol. The summed E-state index contributed by atoms with van der Waals surface area (Å²) in [6.07, 6.45) is 3.32. The molecule has 0 amide bonds. The van der Waals surface area contributed by atoms with E-state index in [0.29, 0.717) is 25.5 Å². The van der Waals surface area contributed by atoms with Gasteiger partial charge >= 0.3 is 0 Å². The lowest BCUT2D eigenvalue weighted by molar-refractivity contribution is -0.0409. The zero-order valence-electron chi connectivity index (χ0n) is 13.2. The number of nitrogens with two attached hydrogens (primary N) is 1. The Balaban J connectivity index is 1.46. The maximum absolute atomic E-state index is 6.07. The molecule has 1 aromatic carbocycles. The highest BCUT2D eigenvalue weighted by atomic mass is 16.5. The van der Waals surface area contributed by atoms with E-state index in [1.165, 1.54) is 6.33 Å². The van der Waals surface area contributed by atoms with Crippen LogP contribution in [-0.2, 0) is 17.8 Å². The highest BCUT2D eigenvalue weighted by Gasteiger charge is 2.22. The number of nitrogens with zero attached hydrogens (tertiary/aromatic N) is 6. The van der Waals surface area contributed by atoms with Crippen molar-refractivity contribution in [2.45, 2.75) is 19.2 Å². The number of nitrogen functional groups attached to an aromatic ring is 1. The average Bonchev–Trinajstić information content (AvgIpc) is 3.08. The molecule has 2 aromatic heterocycles.